The van der Waals surface area contributed by atoms with Crippen molar-refractivity contribution in [2.24, 2.45) is 0 Å². The molecule has 1 unspecified atom stereocenters. The molecule has 0 aliphatic carbocycles. The Bertz CT molecular complexity index is 433. The first-order valence-electron chi connectivity index (χ1n) is 6.56. The van der Waals surface area contributed by atoms with Gasteiger partial charge in [-0.1, -0.05) is 13.8 Å². The van der Waals surface area contributed by atoms with Crippen molar-refractivity contribution in [3.8, 4) is 0 Å². The molecule has 0 aliphatic heterocycles. The molecule has 0 radical (unpaired) electrons. The summed E-state index contributed by atoms with van der Waals surface area (Å²) in [6.45, 7) is 8.68. The first-order valence-corrected chi connectivity index (χ1v) is 6.56. The smallest absolute Gasteiger partial charge is 0.253 e. The molecule has 0 aliphatic rings. The topological polar surface area (TPSA) is 58.4 Å². The van der Waals surface area contributed by atoms with Crippen LogP contribution in [0.1, 0.15) is 31.1 Å². The Morgan fingerprint density at radius 2 is 2.05 bits per heavy atom. The van der Waals surface area contributed by atoms with Crippen molar-refractivity contribution in [3.05, 3.63) is 29.6 Å². The Balaban J connectivity index is 2.66. The Kier molecular flexibility index (Phi) is 5.76. The van der Waals surface area contributed by atoms with E-state index in [-0.39, 0.29) is 23.2 Å². The van der Waals surface area contributed by atoms with Crippen molar-refractivity contribution < 1.29 is 9.18 Å². The number of benzene rings is 1. The maximum atomic E-state index is 13.1. The third-order valence-corrected chi connectivity index (χ3v) is 3.06. The third-order valence-electron chi connectivity index (χ3n) is 3.06. The van der Waals surface area contributed by atoms with Gasteiger partial charge in [0.1, 0.15) is 5.82 Å². The summed E-state index contributed by atoms with van der Waals surface area (Å²) in [6.07, 6.45) is 0. The molecule has 1 amide bonds. The molecule has 106 valence electrons. The maximum absolute atomic E-state index is 13.1. The average Bonchev–Trinajstić information content (AvgIpc) is 2.38. The van der Waals surface area contributed by atoms with Gasteiger partial charge in [-0.15, -0.1) is 0 Å². The highest BCUT2D eigenvalue weighted by atomic mass is 19.1. The van der Waals surface area contributed by atoms with Crippen molar-refractivity contribution in [1.29, 1.82) is 0 Å². The molecule has 0 saturated heterocycles. The van der Waals surface area contributed by atoms with E-state index >= 15 is 0 Å². The van der Waals surface area contributed by atoms with Gasteiger partial charge in [0.25, 0.3) is 5.91 Å². The number of rotatable bonds is 6. The summed E-state index contributed by atoms with van der Waals surface area (Å²) in [5, 5.41) is 2.84. The molecule has 19 heavy (non-hydrogen) atoms. The average molecular weight is 267 g/mol. The summed E-state index contributed by atoms with van der Waals surface area (Å²) in [4.78, 5) is 14.2. The van der Waals surface area contributed by atoms with Crippen molar-refractivity contribution in [2.75, 3.05) is 25.4 Å². The fourth-order valence-corrected chi connectivity index (χ4v) is 1.94. The molecule has 4 nitrogen and oxygen atoms in total. The number of likely N-dealkylation sites (N-methyl/N-ethyl adjacent to an activating group) is 1. The lowest BCUT2D eigenvalue weighted by Crippen LogP contribution is -2.42. The van der Waals surface area contributed by atoms with Gasteiger partial charge < -0.3 is 16.0 Å². The zero-order valence-electron chi connectivity index (χ0n) is 11.7. The van der Waals surface area contributed by atoms with Crippen LogP contribution >= 0.6 is 0 Å². The highest BCUT2D eigenvalue weighted by molar-refractivity contribution is 5.99. The van der Waals surface area contributed by atoms with Crippen LogP contribution in [0.2, 0.25) is 0 Å². The normalized spacial score (nSPS) is 12.5. The van der Waals surface area contributed by atoms with Gasteiger partial charge in [-0.3, -0.25) is 4.79 Å². The third kappa shape index (κ3) is 4.52. The van der Waals surface area contributed by atoms with Crippen molar-refractivity contribution in [3.63, 3.8) is 0 Å². The van der Waals surface area contributed by atoms with Crippen LogP contribution in [-0.2, 0) is 0 Å². The van der Waals surface area contributed by atoms with E-state index in [1.807, 2.05) is 6.92 Å². The summed E-state index contributed by atoms with van der Waals surface area (Å²) in [7, 11) is 0. The van der Waals surface area contributed by atoms with Crippen molar-refractivity contribution in [1.82, 2.24) is 10.2 Å². The first-order chi connectivity index (χ1) is 8.97. The number of carbonyl (C=O) groups is 1. The van der Waals surface area contributed by atoms with Gasteiger partial charge in [-0.05, 0) is 38.2 Å². The Hall–Kier alpha value is -1.62. The maximum Gasteiger partial charge on any atom is 0.253 e. The largest absolute Gasteiger partial charge is 0.398 e. The number of nitrogens with zero attached hydrogens (tertiary/aromatic N) is 1. The molecule has 1 aromatic carbocycles. The number of halogens is 1. The second-order valence-electron chi connectivity index (χ2n) is 4.59. The van der Waals surface area contributed by atoms with Crippen molar-refractivity contribution >= 4 is 11.6 Å². The number of hydrogen-bond donors (Lipinski definition) is 2. The van der Waals surface area contributed by atoms with Crippen LogP contribution in [0.5, 0.6) is 0 Å². The van der Waals surface area contributed by atoms with Crippen molar-refractivity contribution in [2.45, 2.75) is 26.8 Å². The predicted octanol–water partition coefficient (Wildman–Crippen LogP) is 1.87. The van der Waals surface area contributed by atoms with E-state index in [2.05, 4.69) is 24.1 Å². The molecule has 0 fully saturated rings. The van der Waals surface area contributed by atoms with E-state index in [0.29, 0.717) is 0 Å². The number of nitrogen functional groups attached to an aromatic ring is 1. The lowest BCUT2D eigenvalue weighted by molar-refractivity contribution is 0.0931. The Labute approximate surface area is 113 Å². The Morgan fingerprint density at radius 1 is 1.42 bits per heavy atom. The quantitative estimate of drug-likeness (QED) is 0.774. The SMILES string of the molecule is CCN(CC)CC(C)NC(=O)c1cc(F)ccc1N. The number of anilines is 1. The van der Waals surface area contributed by atoms with Gasteiger partial charge in [0.2, 0.25) is 0 Å². The van der Waals surface area contributed by atoms with E-state index < -0.39 is 5.82 Å². The second kappa shape index (κ2) is 7.09. The summed E-state index contributed by atoms with van der Waals surface area (Å²) < 4.78 is 13.1. The summed E-state index contributed by atoms with van der Waals surface area (Å²) in [5.41, 5.74) is 6.15. The van der Waals surface area contributed by atoms with E-state index in [1.165, 1.54) is 12.1 Å². The van der Waals surface area contributed by atoms with Crippen LogP contribution in [0.15, 0.2) is 18.2 Å². The number of carbonyl (C=O) groups excluding carboxylic acids is 1. The van der Waals surface area contributed by atoms with Crippen LogP contribution in [0, 0.1) is 5.82 Å². The molecule has 0 spiro atoms. The van der Waals surface area contributed by atoms with E-state index in [1.54, 1.807) is 0 Å². The van der Waals surface area contributed by atoms with Crippen LogP contribution in [0.3, 0.4) is 0 Å². The lowest BCUT2D eigenvalue weighted by atomic mass is 10.1. The van der Waals surface area contributed by atoms with E-state index in [4.69, 9.17) is 5.73 Å². The summed E-state index contributed by atoms with van der Waals surface area (Å²) in [5.74, 6) is -0.799. The standard InChI is InChI=1S/C14H22FN3O/c1-4-18(5-2)9-10(3)17-14(19)12-8-11(15)6-7-13(12)16/h6-8,10H,4-5,9,16H2,1-3H3,(H,17,19). The van der Waals surface area contributed by atoms with Gasteiger partial charge in [0, 0.05) is 18.3 Å². The second-order valence-corrected chi connectivity index (χ2v) is 4.59. The van der Waals surface area contributed by atoms with Crippen LogP contribution in [0.4, 0.5) is 10.1 Å². The first kappa shape index (κ1) is 15.4. The molecule has 0 aromatic heterocycles. The molecule has 0 bridgehead atoms. The number of nitrogens with two attached hydrogens (primary N) is 1. The molecular formula is C14H22FN3O. The van der Waals surface area contributed by atoms with Gasteiger partial charge in [-0.2, -0.15) is 0 Å². The van der Waals surface area contributed by atoms with E-state index in [9.17, 15) is 9.18 Å². The lowest BCUT2D eigenvalue weighted by Gasteiger charge is -2.23. The predicted molar refractivity (Wildman–Crippen MR) is 75.5 cm³/mol. The molecule has 1 rings (SSSR count). The molecule has 5 heteroatoms. The Morgan fingerprint density at radius 3 is 2.63 bits per heavy atom. The summed E-state index contributed by atoms with van der Waals surface area (Å²) in [6, 6.07) is 3.79. The minimum atomic E-state index is -0.462. The van der Waals surface area contributed by atoms with Gasteiger partial charge in [-0.25, -0.2) is 4.39 Å². The number of nitrogens with one attached hydrogen (secondary N) is 1. The van der Waals surface area contributed by atoms with Crippen LogP contribution < -0.4 is 11.1 Å². The fraction of sp³-hybridized carbons (Fsp3) is 0.500. The summed E-state index contributed by atoms with van der Waals surface area (Å²) >= 11 is 0. The van der Waals surface area contributed by atoms with Gasteiger partial charge in [0.15, 0.2) is 0 Å². The number of amides is 1. The molecule has 3 N–H and O–H groups in total. The van der Waals surface area contributed by atoms with E-state index in [0.717, 1.165) is 25.7 Å². The van der Waals surface area contributed by atoms with Gasteiger partial charge >= 0.3 is 0 Å². The van der Waals surface area contributed by atoms with Crippen LogP contribution in [0.25, 0.3) is 0 Å². The highest BCUT2D eigenvalue weighted by Gasteiger charge is 2.14. The monoisotopic (exact) mass is 267 g/mol. The molecular weight excluding hydrogens is 245 g/mol. The minimum absolute atomic E-state index is 0.0185. The van der Waals surface area contributed by atoms with Gasteiger partial charge in [0.05, 0.1) is 5.56 Å². The molecule has 0 heterocycles. The minimum Gasteiger partial charge on any atom is -0.398 e. The zero-order valence-corrected chi connectivity index (χ0v) is 11.7. The molecule has 1 aromatic rings. The molecule has 1 atom stereocenters. The van der Waals surface area contributed by atoms with Crippen LogP contribution in [-0.4, -0.2) is 36.5 Å². The zero-order chi connectivity index (χ0) is 14.4. The number of hydrogen-bond acceptors (Lipinski definition) is 3. The highest BCUT2D eigenvalue weighted by Crippen LogP contribution is 2.13. The molecule has 0 saturated carbocycles. The fourth-order valence-electron chi connectivity index (χ4n) is 1.94.